The topological polar surface area (TPSA) is 66.4 Å². The van der Waals surface area contributed by atoms with Crippen molar-refractivity contribution in [1.82, 2.24) is 0 Å². The van der Waals surface area contributed by atoms with E-state index in [-0.39, 0.29) is 42.1 Å². The van der Waals surface area contributed by atoms with Gasteiger partial charge in [0.15, 0.2) is 0 Å². The smallest absolute Gasteiger partial charge is 0.726 e. The first-order chi connectivity index (χ1) is 11.0. The van der Waals surface area contributed by atoms with E-state index in [4.69, 9.17) is 0 Å². The molecule has 138 valence electrons. The Labute approximate surface area is 172 Å². The van der Waals surface area contributed by atoms with Crippen molar-refractivity contribution in [3.05, 3.63) is 12.2 Å². The third kappa shape index (κ3) is 20.7. The maximum atomic E-state index is 10.6. The maximum absolute atomic E-state index is 10.6. The Morgan fingerprint density at radius 3 is 2.00 bits per heavy atom. The quantitative estimate of drug-likeness (QED) is 0.138. The van der Waals surface area contributed by atoms with E-state index in [2.05, 4.69) is 24.1 Å². The molecule has 0 saturated heterocycles. The molecule has 0 aliphatic heterocycles. The molecule has 4 nitrogen and oxygen atoms in total. The molecule has 0 radical (unpaired) electrons. The van der Waals surface area contributed by atoms with Crippen LogP contribution >= 0.6 is 0 Å². The monoisotopic (exact) mass is 370 g/mol. The second-order valence-electron chi connectivity index (χ2n) is 6.29. The fraction of sp³-hybridized carbons (Fsp3) is 0.889. The summed E-state index contributed by atoms with van der Waals surface area (Å²) in [7, 11) is -4.59. The van der Waals surface area contributed by atoms with Crippen molar-refractivity contribution in [2.45, 2.75) is 90.9 Å². The Balaban J connectivity index is 0. The molecule has 0 spiro atoms. The van der Waals surface area contributed by atoms with E-state index in [9.17, 15) is 13.0 Å². The van der Waals surface area contributed by atoms with Crippen molar-refractivity contribution in [3.63, 3.8) is 0 Å². The third-order valence-electron chi connectivity index (χ3n) is 3.99. The number of hydrogen-bond acceptors (Lipinski definition) is 4. The number of allylic oxidation sites excluding steroid dienone is 1. The van der Waals surface area contributed by atoms with Crippen LogP contribution in [0, 0.1) is 5.92 Å². The summed E-state index contributed by atoms with van der Waals surface area (Å²) in [6.07, 6.45) is 18.2. The zero-order chi connectivity index (χ0) is 17.4. The third-order valence-corrected chi connectivity index (χ3v) is 4.41. The van der Waals surface area contributed by atoms with E-state index >= 15 is 0 Å². The molecule has 1 unspecified atom stereocenters. The minimum absolute atomic E-state index is 0. The Morgan fingerprint density at radius 1 is 0.917 bits per heavy atom. The van der Waals surface area contributed by atoms with Gasteiger partial charge in [0.1, 0.15) is 0 Å². The van der Waals surface area contributed by atoms with Crippen LogP contribution in [0.5, 0.6) is 0 Å². The molecule has 0 aliphatic rings. The predicted octanol–water partition coefficient (Wildman–Crippen LogP) is 2.36. The number of unbranched alkanes of at least 4 members (excludes halogenated alkanes) is 9. The van der Waals surface area contributed by atoms with Gasteiger partial charge in [0.2, 0.25) is 10.4 Å². The second-order valence-corrected chi connectivity index (χ2v) is 7.34. The largest absolute Gasteiger partial charge is 1.00 e. The fourth-order valence-electron chi connectivity index (χ4n) is 2.56. The molecule has 0 amide bonds. The van der Waals surface area contributed by atoms with Crippen molar-refractivity contribution in [1.29, 1.82) is 0 Å². The minimum Gasteiger partial charge on any atom is -0.726 e. The average molecular weight is 371 g/mol. The van der Waals surface area contributed by atoms with Gasteiger partial charge in [0.25, 0.3) is 0 Å². The van der Waals surface area contributed by atoms with Gasteiger partial charge in [0.05, 0.1) is 6.61 Å². The molecule has 0 aromatic rings. The van der Waals surface area contributed by atoms with Crippen molar-refractivity contribution < 1.29 is 46.7 Å². The Hall–Kier alpha value is 0.610. The summed E-state index contributed by atoms with van der Waals surface area (Å²) >= 11 is 0. The molecule has 0 bridgehead atoms. The fourth-order valence-corrected chi connectivity index (χ4v) is 2.90. The second kappa shape index (κ2) is 18.4. The van der Waals surface area contributed by atoms with Gasteiger partial charge in [-0.05, 0) is 12.8 Å². The van der Waals surface area contributed by atoms with Crippen LogP contribution < -0.4 is 29.6 Å². The maximum Gasteiger partial charge on any atom is 1.00 e. The molecule has 0 rings (SSSR count). The molecule has 0 saturated carbocycles. The molecule has 0 N–H and O–H groups in total. The number of rotatable bonds is 16. The van der Waals surface area contributed by atoms with Gasteiger partial charge in [-0.15, -0.1) is 0 Å². The van der Waals surface area contributed by atoms with Crippen molar-refractivity contribution >= 4 is 10.4 Å². The van der Waals surface area contributed by atoms with E-state index in [0.29, 0.717) is 0 Å². The first-order valence-electron chi connectivity index (χ1n) is 9.26. The molecule has 0 aromatic carbocycles. The standard InChI is InChI=1S/C18H36O4S.Na/c1-3-5-7-9-10-11-12-14-16-18(15-13-8-6-4-2)17-22-23(19,20)21;/h13,15,18H,3-12,14,16-17H2,1-2H3,(H,19,20,21);/q;+1/p-1/b15-13+;. The van der Waals surface area contributed by atoms with Gasteiger partial charge in [-0.1, -0.05) is 90.2 Å². The summed E-state index contributed by atoms with van der Waals surface area (Å²) in [6, 6.07) is 0. The Morgan fingerprint density at radius 2 is 1.46 bits per heavy atom. The van der Waals surface area contributed by atoms with Gasteiger partial charge in [-0.3, -0.25) is 4.18 Å². The molecule has 0 aliphatic carbocycles. The molecular formula is C18H35NaO4S. The molecule has 24 heavy (non-hydrogen) atoms. The van der Waals surface area contributed by atoms with E-state index in [1.54, 1.807) is 0 Å². The van der Waals surface area contributed by atoms with Gasteiger partial charge < -0.3 is 4.55 Å². The van der Waals surface area contributed by atoms with Crippen LogP contribution in [0.15, 0.2) is 12.2 Å². The van der Waals surface area contributed by atoms with Gasteiger partial charge >= 0.3 is 29.6 Å². The number of hydrogen-bond donors (Lipinski definition) is 0. The Kier molecular flexibility index (Phi) is 20.6. The van der Waals surface area contributed by atoms with E-state index < -0.39 is 10.4 Å². The summed E-state index contributed by atoms with van der Waals surface area (Å²) < 4.78 is 36.3. The molecule has 0 heterocycles. The first kappa shape index (κ1) is 26.8. The summed E-state index contributed by atoms with van der Waals surface area (Å²) in [6.45, 7) is 4.34. The molecule has 0 aromatic heterocycles. The van der Waals surface area contributed by atoms with Gasteiger partial charge in [0, 0.05) is 5.92 Å². The van der Waals surface area contributed by atoms with Crippen LogP contribution in [0.2, 0.25) is 0 Å². The van der Waals surface area contributed by atoms with Crippen molar-refractivity contribution in [3.8, 4) is 0 Å². The van der Waals surface area contributed by atoms with Crippen LogP contribution in [0.4, 0.5) is 0 Å². The summed E-state index contributed by atoms with van der Waals surface area (Å²) in [5, 5.41) is 0. The average Bonchev–Trinajstić information content (AvgIpc) is 2.50. The van der Waals surface area contributed by atoms with Gasteiger partial charge in [-0.25, -0.2) is 8.42 Å². The molecular weight excluding hydrogens is 335 g/mol. The van der Waals surface area contributed by atoms with Crippen LogP contribution in [0.1, 0.15) is 90.9 Å². The zero-order valence-corrected chi connectivity index (χ0v) is 18.8. The normalized spacial score (nSPS) is 13.1. The minimum atomic E-state index is -4.59. The van der Waals surface area contributed by atoms with Gasteiger partial charge in [-0.2, -0.15) is 0 Å². The predicted molar refractivity (Wildman–Crippen MR) is 95.0 cm³/mol. The van der Waals surface area contributed by atoms with Crippen LogP contribution in [-0.2, 0) is 14.6 Å². The molecule has 6 heteroatoms. The Bertz CT molecular complexity index is 382. The van der Waals surface area contributed by atoms with Crippen molar-refractivity contribution in [2.75, 3.05) is 6.61 Å². The van der Waals surface area contributed by atoms with E-state index in [0.717, 1.165) is 38.5 Å². The van der Waals surface area contributed by atoms with Crippen LogP contribution in [0.25, 0.3) is 0 Å². The van der Waals surface area contributed by atoms with Crippen LogP contribution in [0.3, 0.4) is 0 Å². The van der Waals surface area contributed by atoms with Crippen molar-refractivity contribution in [2.24, 2.45) is 5.92 Å². The molecule has 1 atom stereocenters. The summed E-state index contributed by atoms with van der Waals surface area (Å²) in [4.78, 5) is 0. The summed E-state index contributed by atoms with van der Waals surface area (Å²) in [5.41, 5.74) is 0. The SMILES string of the molecule is CCCC/C=C/C(CCCCCCCCCC)COS(=O)(=O)[O-].[Na+]. The summed E-state index contributed by atoms with van der Waals surface area (Å²) in [5.74, 6) is 0.0238. The molecule has 0 fully saturated rings. The van der Waals surface area contributed by atoms with E-state index in [1.807, 2.05) is 6.08 Å². The first-order valence-corrected chi connectivity index (χ1v) is 10.6. The van der Waals surface area contributed by atoms with Crippen LogP contribution in [-0.4, -0.2) is 19.6 Å². The zero-order valence-electron chi connectivity index (χ0n) is 16.0. The van der Waals surface area contributed by atoms with E-state index in [1.165, 1.54) is 38.5 Å².